The van der Waals surface area contributed by atoms with Gasteiger partial charge >= 0.3 is 5.97 Å². The van der Waals surface area contributed by atoms with Crippen molar-refractivity contribution in [3.63, 3.8) is 0 Å². The number of esters is 1. The number of halogens is 2. The monoisotopic (exact) mass is 491 g/mol. The largest absolute Gasteiger partial charge is 0.507 e. The van der Waals surface area contributed by atoms with E-state index in [-0.39, 0.29) is 22.8 Å². The zero-order chi connectivity index (χ0) is 19.7. The van der Waals surface area contributed by atoms with Crippen LogP contribution < -0.4 is 4.90 Å². The van der Waals surface area contributed by atoms with Crippen LogP contribution in [0.5, 0.6) is 5.75 Å². The summed E-state index contributed by atoms with van der Waals surface area (Å²) in [6.45, 7) is 1.69. The normalized spacial score (nSPS) is 15.6. The summed E-state index contributed by atoms with van der Waals surface area (Å²) in [4.78, 5) is 27.0. The number of amides is 1. The van der Waals surface area contributed by atoms with Gasteiger partial charge in [-0.25, -0.2) is 4.79 Å². The van der Waals surface area contributed by atoms with Crippen molar-refractivity contribution in [3.05, 3.63) is 73.8 Å². The van der Waals surface area contributed by atoms with Gasteiger partial charge in [0.05, 0.1) is 18.3 Å². The summed E-state index contributed by atoms with van der Waals surface area (Å²) in [5.41, 5.74) is 1.85. The van der Waals surface area contributed by atoms with Crippen molar-refractivity contribution in [1.82, 2.24) is 0 Å². The Labute approximate surface area is 173 Å². The third kappa shape index (κ3) is 3.70. The van der Waals surface area contributed by atoms with Crippen molar-refractivity contribution in [3.8, 4) is 5.75 Å². The van der Waals surface area contributed by atoms with E-state index in [0.29, 0.717) is 16.9 Å². The molecule has 7 heteroatoms. The molecule has 0 radical (unpaired) electrons. The van der Waals surface area contributed by atoms with E-state index in [4.69, 9.17) is 4.74 Å². The van der Waals surface area contributed by atoms with Gasteiger partial charge in [0, 0.05) is 25.9 Å². The second-order valence-electron chi connectivity index (χ2n) is 5.83. The van der Waals surface area contributed by atoms with E-state index < -0.39 is 5.97 Å². The van der Waals surface area contributed by atoms with Crippen LogP contribution in [0.1, 0.15) is 12.5 Å². The number of allylic oxidation sites excluding steroid dienone is 1. The van der Waals surface area contributed by atoms with Crippen molar-refractivity contribution in [2.75, 3.05) is 12.0 Å². The van der Waals surface area contributed by atoms with Gasteiger partial charge in [0.1, 0.15) is 5.75 Å². The van der Waals surface area contributed by atoms with E-state index in [1.165, 1.54) is 24.2 Å². The molecule has 2 aromatic rings. The van der Waals surface area contributed by atoms with Crippen molar-refractivity contribution in [2.24, 2.45) is 0 Å². The first-order chi connectivity index (χ1) is 12.8. The molecule has 3 rings (SSSR count). The predicted octanol–water partition coefficient (Wildman–Crippen LogP) is 4.79. The Hall–Kier alpha value is -2.38. The molecule has 0 fully saturated rings. The lowest BCUT2D eigenvalue weighted by Crippen LogP contribution is -2.24. The van der Waals surface area contributed by atoms with Gasteiger partial charge < -0.3 is 9.84 Å². The van der Waals surface area contributed by atoms with Crippen LogP contribution in [-0.4, -0.2) is 24.1 Å². The molecule has 1 aliphatic rings. The fourth-order valence-electron chi connectivity index (χ4n) is 2.88. The maximum absolute atomic E-state index is 13.1. The van der Waals surface area contributed by atoms with Crippen LogP contribution >= 0.6 is 31.9 Å². The van der Waals surface area contributed by atoms with Crippen LogP contribution in [0.25, 0.3) is 6.08 Å². The number of phenolic OH excluding ortho intramolecular Hbond substituents is 1. The van der Waals surface area contributed by atoms with Crippen molar-refractivity contribution >= 4 is 55.5 Å². The van der Waals surface area contributed by atoms with E-state index in [0.717, 1.165) is 8.95 Å². The molecule has 2 aromatic carbocycles. The number of benzene rings is 2. The summed E-state index contributed by atoms with van der Waals surface area (Å²) in [6, 6.07) is 12.0. The summed E-state index contributed by atoms with van der Waals surface area (Å²) in [7, 11) is 1.27. The summed E-state index contributed by atoms with van der Waals surface area (Å²) < 4.78 is 6.50. The highest BCUT2D eigenvalue weighted by Crippen LogP contribution is 2.37. The van der Waals surface area contributed by atoms with E-state index in [2.05, 4.69) is 31.9 Å². The minimum Gasteiger partial charge on any atom is -0.507 e. The molecule has 0 aliphatic carbocycles. The first kappa shape index (κ1) is 19.4. The van der Waals surface area contributed by atoms with Crippen molar-refractivity contribution in [2.45, 2.75) is 6.92 Å². The van der Waals surface area contributed by atoms with E-state index >= 15 is 0 Å². The van der Waals surface area contributed by atoms with Crippen LogP contribution in [0.3, 0.4) is 0 Å². The molecule has 0 aromatic heterocycles. The molecular weight excluding hydrogens is 478 g/mol. The lowest BCUT2D eigenvalue weighted by Gasteiger charge is -2.18. The Balaban J connectivity index is 2.17. The number of hydrogen-bond donors (Lipinski definition) is 1. The zero-order valence-corrected chi connectivity index (χ0v) is 17.7. The summed E-state index contributed by atoms with van der Waals surface area (Å²) in [6.07, 6.45) is 1.50. The Kier molecular flexibility index (Phi) is 5.53. The molecule has 1 aliphatic heterocycles. The molecule has 0 bridgehead atoms. The van der Waals surface area contributed by atoms with Gasteiger partial charge in [-0.05, 0) is 55.5 Å². The molecule has 138 valence electrons. The number of phenols is 1. The highest BCUT2D eigenvalue weighted by atomic mass is 79.9. The van der Waals surface area contributed by atoms with Gasteiger partial charge in [-0.2, -0.15) is 0 Å². The predicted molar refractivity (Wildman–Crippen MR) is 110 cm³/mol. The van der Waals surface area contributed by atoms with Gasteiger partial charge in [-0.15, -0.1) is 0 Å². The Morgan fingerprint density at radius 1 is 1.11 bits per heavy atom. The molecule has 1 heterocycles. The molecular formula is C20H15Br2NO4. The summed E-state index contributed by atoms with van der Waals surface area (Å²) >= 11 is 6.71. The fourth-order valence-corrected chi connectivity index (χ4v) is 3.52. The van der Waals surface area contributed by atoms with Gasteiger partial charge in [0.15, 0.2) is 0 Å². The number of methoxy groups -OCH3 is 1. The third-order valence-electron chi connectivity index (χ3n) is 4.16. The average Bonchev–Trinajstić information content (AvgIpc) is 2.88. The maximum atomic E-state index is 13.1. The van der Waals surface area contributed by atoms with Gasteiger partial charge in [-0.1, -0.05) is 31.9 Å². The van der Waals surface area contributed by atoms with Crippen LogP contribution in [0.4, 0.5) is 5.69 Å². The van der Waals surface area contributed by atoms with E-state index in [9.17, 15) is 14.7 Å². The smallest absolute Gasteiger partial charge is 0.340 e. The number of anilines is 1. The van der Waals surface area contributed by atoms with Gasteiger partial charge in [0.2, 0.25) is 0 Å². The van der Waals surface area contributed by atoms with E-state index in [1.807, 2.05) is 12.1 Å². The SMILES string of the molecule is COC(=O)C1=C(C)N(c2ccc(Br)cc2)C(=O)/C1=C\c1cc(Br)ccc1O. The molecule has 0 atom stereocenters. The van der Waals surface area contributed by atoms with Crippen LogP contribution in [0, 0.1) is 0 Å². The van der Waals surface area contributed by atoms with Crippen LogP contribution in [0.15, 0.2) is 68.3 Å². The molecule has 1 N–H and O–H groups in total. The quantitative estimate of drug-likeness (QED) is 0.494. The Bertz CT molecular complexity index is 994. The first-order valence-corrected chi connectivity index (χ1v) is 9.52. The topological polar surface area (TPSA) is 66.8 Å². The molecule has 0 saturated carbocycles. The molecule has 1 amide bonds. The molecule has 27 heavy (non-hydrogen) atoms. The number of ether oxygens (including phenoxy) is 1. The van der Waals surface area contributed by atoms with Crippen molar-refractivity contribution in [1.29, 1.82) is 0 Å². The van der Waals surface area contributed by atoms with Gasteiger partial charge in [0.25, 0.3) is 5.91 Å². The first-order valence-electron chi connectivity index (χ1n) is 7.93. The molecule has 0 unspecified atom stereocenters. The number of aromatic hydroxyl groups is 1. The van der Waals surface area contributed by atoms with Gasteiger partial charge in [-0.3, -0.25) is 9.69 Å². The second-order valence-corrected chi connectivity index (χ2v) is 7.66. The molecule has 0 saturated heterocycles. The Morgan fingerprint density at radius 2 is 1.74 bits per heavy atom. The minimum atomic E-state index is -0.610. The zero-order valence-electron chi connectivity index (χ0n) is 14.5. The molecule has 0 spiro atoms. The fraction of sp³-hybridized carbons (Fsp3) is 0.100. The summed E-state index contributed by atoms with van der Waals surface area (Å²) in [5.74, 6) is -0.974. The Morgan fingerprint density at radius 3 is 2.37 bits per heavy atom. The number of hydrogen-bond acceptors (Lipinski definition) is 4. The lowest BCUT2D eigenvalue weighted by atomic mass is 10.0. The maximum Gasteiger partial charge on any atom is 0.340 e. The summed E-state index contributed by atoms with van der Waals surface area (Å²) in [5, 5.41) is 10.1. The number of carbonyl (C=O) groups excluding carboxylic acids is 2. The number of nitrogens with zero attached hydrogens (tertiary/aromatic N) is 1. The third-order valence-corrected chi connectivity index (χ3v) is 5.19. The minimum absolute atomic E-state index is 0.00228. The highest BCUT2D eigenvalue weighted by Gasteiger charge is 2.38. The molecule has 5 nitrogen and oxygen atoms in total. The van der Waals surface area contributed by atoms with Crippen LogP contribution in [-0.2, 0) is 14.3 Å². The number of carbonyl (C=O) groups is 2. The second kappa shape index (κ2) is 7.70. The van der Waals surface area contributed by atoms with Crippen LogP contribution in [0.2, 0.25) is 0 Å². The van der Waals surface area contributed by atoms with Crippen molar-refractivity contribution < 1.29 is 19.4 Å². The average molecular weight is 493 g/mol. The highest BCUT2D eigenvalue weighted by molar-refractivity contribution is 9.10. The van der Waals surface area contributed by atoms with E-state index in [1.54, 1.807) is 31.2 Å². The lowest BCUT2D eigenvalue weighted by molar-refractivity contribution is -0.136. The number of rotatable bonds is 3. The standard InChI is InChI=1S/C20H15Br2NO4/c1-11-18(20(26)27-2)16(10-12-9-14(22)5-8-17(12)24)19(25)23(11)15-6-3-13(21)4-7-15/h3-10,24H,1-2H3/b16-10-.